The lowest BCUT2D eigenvalue weighted by atomic mass is 10.3. The third kappa shape index (κ3) is 4.96. The van der Waals surface area contributed by atoms with E-state index in [9.17, 15) is 12.6 Å². The van der Waals surface area contributed by atoms with Crippen LogP contribution in [0.15, 0.2) is 28.6 Å². The second-order valence-electron chi connectivity index (χ2n) is 5.46. The van der Waals surface area contributed by atoms with Crippen molar-refractivity contribution in [2.24, 2.45) is 4.36 Å². The van der Waals surface area contributed by atoms with Crippen molar-refractivity contribution in [1.29, 1.82) is 0 Å². The molecule has 6 nitrogen and oxygen atoms in total. The van der Waals surface area contributed by atoms with E-state index in [0.29, 0.717) is 22.9 Å². The quantitative estimate of drug-likeness (QED) is 0.857. The van der Waals surface area contributed by atoms with E-state index >= 15 is 0 Å². The molecule has 1 N–H and O–H groups in total. The van der Waals surface area contributed by atoms with E-state index in [1.807, 2.05) is 0 Å². The summed E-state index contributed by atoms with van der Waals surface area (Å²) >= 11 is 0. The molecule has 1 saturated heterocycles. The third-order valence-electron chi connectivity index (χ3n) is 3.45. The van der Waals surface area contributed by atoms with Crippen molar-refractivity contribution in [2.75, 3.05) is 29.1 Å². The molecule has 1 aromatic carbocycles. The van der Waals surface area contributed by atoms with E-state index in [4.69, 9.17) is 4.74 Å². The Balaban J connectivity index is 2.08. The van der Waals surface area contributed by atoms with Crippen molar-refractivity contribution in [3.8, 4) is 0 Å². The van der Waals surface area contributed by atoms with Crippen LogP contribution in [0, 0.1) is 0 Å². The summed E-state index contributed by atoms with van der Waals surface area (Å²) in [4.78, 5) is 0. The van der Waals surface area contributed by atoms with Crippen LogP contribution in [-0.4, -0.2) is 43.1 Å². The zero-order valence-corrected chi connectivity index (χ0v) is 14.5. The maximum Gasteiger partial charge on any atom is 0.235 e. The van der Waals surface area contributed by atoms with Crippen LogP contribution in [0.1, 0.15) is 19.8 Å². The van der Waals surface area contributed by atoms with Crippen LogP contribution in [-0.2, 0) is 24.5 Å². The highest BCUT2D eigenvalue weighted by atomic mass is 32.2. The fourth-order valence-electron chi connectivity index (χ4n) is 2.23. The first-order chi connectivity index (χ1) is 10.3. The SMILES string of the molecule is COC(C)CS(=O)(=O)Nc1ccc(N=S2(=O)CCCC2)cc1. The van der Waals surface area contributed by atoms with Gasteiger partial charge in [-0.05, 0) is 44.0 Å². The monoisotopic (exact) mass is 346 g/mol. The summed E-state index contributed by atoms with van der Waals surface area (Å²) in [6.07, 6.45) is 1.54. The number of ether oxygens (including phenoxy) is 1. The summed E-state index contributed by atoms with van der Waals surface area (Å²) < 4.78 is 48.0. The molecule has 1 heterocycles. The van der Waals surface area contributed by atoms with Gasteiger partial charge >= 0.3 is 0 Å². The Labute approximate surface area is 132 Å². The van der Waals surface area contributed by atoms with Crippen molar-refractivity contribution in [3.05, 3.63) is 24.3 Å². The second kappa shape index (κ2) is 6.97. The van der Waals surface area contributed by atoms with E-state index in [0.717, 1.165) is 12.8 Å². The highest BCUT2D eigenvalue weighted by Crippen LogP contribution is 2.23. The highest BCUT2D eigenvalue weighted by Gasteiger charge is 2.17. The van der Waals surface area contributed by atoms with Crippen LogP contribution >= 0.6 is 0 Å². The fraction of sp³-hybridized carbons (Fsp3) is 0.571. The molecule has 1 unspecified atom stereocenters. The molecule has 0 radical (unpaired) electrons. The van der Waals surface area contributed by atoms with Gasteiger partial charge in [-0.15, -0.1) is 0 Å². The van der Waals surface area contributed by atoms with Gasteiger partial charge in [0.2, 0.25) is 10.0 Å². The van der Waals surface area contributed by atoms with E-state index in [2.05, 4.69) is 9.08 Å². The third-order valence-corrected chi connectivity index (χ3v) is 7.30. The van der Waals surface area contributed by atoms with Crippen LogP contribution in [0.5, 0.6) is 0 Å². The van der Waals surface area contributed by atoms with Crippen molar-refractivity contribution in [1.82, 2.24) is 0 Å². The summed E-state index contributed by atoms with van der Waals surface area (Å²) in [6, 6.07) is 6.63. The number of hydrogen-bond donors (Lipinski definition) is 1. The van der Waals surface area contributed by atoms with Gasteiger partial charge in [0.25, 0.3) is 0 Å². The van der Waals surface area contributed by atoms with Crippen molar-refractivity contribution >= 4 is 31.1 Å². The molecule has 22 heavy (non-hydrogen) atoms. The molecule has 124 valence electrons. The molecule has 1 aliphatic rings. The minimum Gasteiger partial charge on any atom is -0.381 e. The molecule has 0 amide bonds. The minimum absolute atomic E-state index is 0.108. The van der Waals surface area contributed by atoms with Gasteiger partial charge in [-0.25, -0.2) is 12.6 Å². The molecule has 0 saturated carbocycles. The van der Waals surface area contributed by atoms with Crippen molar-refractivity contribution in [2.45, 2.75) is 25.9 Å². The van der Waals surface area contributed by atoms with E-state index < -0.39 is 19.8 Å². The van der Waals surface area contributed by atoms with Gasteiger partial charge in [0, 0.05) is 24.3 Å². The van der Waals surface area contributed by atoms with Crippen LogP contribution in [0.2, 0.25) is 0 Å². The van der Waals surface area contributed by atoms with Gasteiger partial charge < -0.3 is 4.74 Å². The van der Waals surface area contributed by atoms with Gasteiger partial charge in [-0.3, -0.25) is 4.72 Å². The molecule has 1 atom stereocenters. The number of benzene rings is 1. The molecule has 0 aromatic heterocycles. The van der Waals surface area contributed by atoms with Crippen molar-refractivity contribution < 1.29 is 17.4 Å². The Morgan fingerprint density at radius 1 is 1.27 bits per heavy atom. The van der Waals surface area contributed by atoms with Gasteiger partial charge in [-0.2, -0.15) is 4.36 Å². The first-order valence-corrected chi connectivity index (χ1v) is 10.7. The fourth-order valence-corrected chi connectivity index (χ4v) is 5.76. The number of anilines is 1. The number of sulfonamides is 1. The number of nitrogens with zero attached hydrogens (tertiary/aromatic N) is 1. The van der Waals surface area contributed by atoms with Gasteiger partial charge in [0.05, 0.1) is 27.3 Å². The topological polar surface area (TPSA) is 84.8 Å². The van der Waals surface area contributed by atoms with Gasteiger partial charge in [-0.1, -0.05) is 0 Å². The first kappa shape index (κ1) is 17.2. The van der Waals surface area contributed by atoms with Crippen molar-refractivity contribution in [3.63, 3.8) is 0 Å². The van der Waals surface area contributed by atoms with Crippen LogP contribution in [0.4, 0.5) is 11.4 Å². The Bertz CT molecular complexity index is 708. The van der Waals surface area contributed by atoms with Gasteiger partial charge in [0.15, 0.2) is 0 Å². The molecule has 0 aliphatic carbocycles. The molecule has 1 aliphatic heterocycles. The number of hydrogen-bond acceptors (Lipinski definition) is 5. The predicted molar refractivity (Wildman–Crippen MR) is 89.5 cm³/mol. The Morgan fingerprint density at radius 2 is 1.86 bits per heavy atom. The lowest BCUT2D eigenvalue weighted by Crippen LogP contribution is -2.25. The minimum atomic E-state index is -3.46. The van der Waals surface area contributed by atoms with Gasteiger partial charge in [0.1, 0.15) is 0 Å². The number of methoxy groups -OCH3 is 1. The molecule has 0 bridgehead atoms. The van der Waals surface area contributed by atoms with Crippen LogP contribution < -0.4 is 4.72 Å². The highest BCUT2D eigenvalue weighted by molar-refractivity contribution is 7.94. The largest absolute Gasteiger partial charge is 0.381 e. The molecule has 8 heteroatoms. The zero-order chi connectivity index (χ0) is 16.2. The maximum absolute atomic E-state index is 12.3. The molecular formula is C14H22N2O4S2. The van der Waals surface area contributed by atoms with Crippen LogP contribution in [0.3, 0.4) is 0 Å². The first-order valence-electron chi connectivity index (χ1n) is 7.18. The summed E-state index contributed by atoms with van der Waals surface area (Å²) in [5, 5.41) is 0. The Morgan fingerprint density at radius 3 is 2.41 bits per heavy atom. The molecule has 1 fully saturated rings. The number of nitrogens with one attached hydrogen (secondary N) is 1. The lowest BCUT2D eigenvalue weighted by molar-refractivity contribution is 0.136. The Kier molecular flexibility index (Phi) is 5.46. The summed E-state index contributed by atoms with van der Waals surface area (Å²) in [6.45, 7) is 1.69. The smallest absolute Gasteiger partial charge is 0.235 e. The summed E-state index contributed by atoms with van der Waals surface area (Å²) in [5.74, 6) is 1.19. The standard InChI is InChI=1S/C14H22N2O4S2/c1-12(20-2)11-22(18,19)16-14-7-5-13(6-8-14)15-21(17)9-3-4-10-21/h5-8,12,16H,3-4,9-11H2,1-2H3. The molecule has 0 spiro atoms. The van der Waals surface area contributed by atoms with E-state index in [1.54, 1.807) is 31.2 Å². The summed E-state index contributed by atoms with van der Waals surface area (Å²) in [5.41, 5.74) is 1.09. The maximum atomic E-state index is 12.3. The molecular weight excluding hydrogens is 324 g/mol. The predicted octanol–water partition coefficient (Wildman–Crippen LogP) is 2.36. The molecule has 1 aromatic rings. The van der Waals surface area contributed by atoms with E-state index in [1.165, 1.54) is 7.11 Å². The number of rotatable bonds is 6. The summed E-state index contributed by atoms with van der Waals surface area (Å²) in [7, 11) is -4.09. The van der Waals surface area contributed by atoms with E-state index in [-0.39, 0.29) is 11.9 Å². The normalized spacial score (nSPS) is 18.8. The Hall–Kier alpha value is -1.12. The zero-order valence-electron chi connectivity index (χ0n) is 12.8. The average Bonchev–Trinajstić information content (AvgIpc) is 2.86. The lowest BCUT2D eigenvalue weighted by Gasteiger charge is -2.12. The average molecular weight is 346 g/mol. The second-order valence-corrected chi connectivity index (χ2v) is 9.77. The molecule has 2 rings (SSSR count). The van der Waals surface area contributed by atoms with Crippen LogP contribution in [0.25, 0.3) is 0 Å².